The summed E-state index contributed by atoms with van der Waals surface area (Å²) in [6.45, 7) is 1.48. The molecule has 1 aliphatic carbocycles. The summed E-state index contributed by atoms with van der Waals surface area (Å²) in [7, 11) is 0. The van der Waals surface area contributed by atoms with Crippen molar-refractivity contribution >= 4 is 23.1 Å². The van der Waals surface area contributed by atoms with E-state index >= 15 is 0 Å². The lowest BCUT2D eigenvalue weighted by molar-refractivity contribution is 0.0700. The molecule has 0 saturated heterocycles. The zero-order valence-electron chi connectivity index (χ0n) is 11.1. The van der Waals surface area contributed by atoms with Crippen molar-refractivity contribution in [1.82, 2.24) is 0 Å². The molecule has 0 atom stereocenters. The van der Waals surface area contributed by atoms with E-state index in [4.69, 9.17) is 0 Å². The molecule has 1 N–H and O–H groups in total. The summed E-state index contributed by atoms with van der Waals surface area (Å²) in [6, 6.07) is 9.97. The molecule has 1 aromatic heterocycles. The van der Waals surface area contributed by atoms with Gasteiger partial charge in [0.25, 0.3) is 0 Å². The molecule has 4 heteroatoms. The Bertz CT molecular complexity index is 674. The number of carboxylic acid groups (broad SMARTS) is 1. The molecule has 1 aromatic carbocycles. The van der Waals surface area contributed by atoms with Crippen molar-refractivity contribution in [3.05, 3.63) is 56.8 Å². The van der Waals surface area contributed by atoms with Gasteiger partial charge in [0.05, 0.1) is 4.88 Å². The molecular weight excluding hydrogens is 272 g/mol. The first-order chi connectivity index (χ1) is 9.56. The number of hydrogen-bond acceptors (Lipinski definition) is 3. The Labute approximate surface area is 120 Å². The van der Waals surface area contributed by atoms with Crippen LogP contribution in [0.3, 0.4) is 0 Å². The fourth-order valence-corrected chi connectivity index (χ4v) is 3.81. The highest BCUT2D eigenvalue weighted by molar-refractivity contribution is 7.16. The minimum atomic E-state index is -0.937. The number of carboxylic acids is 1. The number of carbonyl (C=O) groups is 2. The lowest BCUT2D eigenvalue weighted by Gasteiger charge is -2.08. The number of aromatic carboxylic acids is 1. The topological polar surface area (TPSA) is 54.4 Å². The number of rotatable bonds is 3. The predicted molar refractivity (Wildman–Crippen MR) is 77.9 cm³/mol. The van der Waals surface area contributed by atoms with Crippen molar-refractivity contribution in [3.8, 4) is 0 Å². The molecule has 0 radical (unpaired) electrons. The lowest BCUT2D eigenvalue weighted by Crippen LogP contribution is -2.04. The van der Waals surface area contributed by atoms with Gasteiger partial charge in [0.2, 0.25) is 0 Å². The van der Waals surface area contributed by atoms with Gasteiger partial charge in [-0.05, 0) is 48.4 Å². The van der Waals surface area contributed by atoms with Crippen LogP contribution in [0.4, 0.5) is 0 Å². The van der Waals surface area contributed by atoms with Crippen LogP contribution in [0.15, 0.2) is 30.3 Å². The van der Waals surface area contributed by atoms with Crippen molar-refractivity contribution in [3.63, 3.8) is 0 Å². The number of hydrogen-bond donors (Lipinski definition) is 1. The monoisotopic (exact) mass is 286 g/mol. The van der Waals surface area contributed by atoms with Gasteiger partial charge in [0.1, 0.15) is 4.88 Å². The molecule has 0 unspecified atom stereocenters. The average molecular weight is 286 g/mol. The Balaban J connectivity index is 1.99. The second kappa shape index (κ2) is 4.87. The highest BCUT2D eigenvalue weighted by atomic mass is 32.1. The summed E-state index contributed by atoms with van der Waals surface area (Å²) in [6.07, 6.45) is 1.70. The van der Waals surface area contributed by atoms with E-state index in [1.165, 1.54) is 18.1 Å². The fourth-order valence-electron chi connectivity index (χ4n) is 2.83. The number of thiophene rings is 1. The van der Waals surface area contributed by atoms with Crippen molar-refractivity contribution in [2.45, 2.75) is 25.7 Å². The first kappa shape index (κ1) is 13.1. The molecule has 0 fully saturated rings. The van der Waals surface area contributed by atoms with Crippen molar-refractivity contribution in [1.29, 1.82) is 0 Å². The smallest absolute Gasteiger partial charge is 0.346 e. The summed E-state index contributed by atoms with van der Waals surface area (Å²) in [5.74, 6) is -0.837. The maximum Gasteiger partial charge on any atom is 0.346 e. The van der Waals surface area contributed by atoms with Gasteiger partial charge in [-0.3, -0.25) is 4.79 Å². The molecule has 3 rings (SSSR count). The molecule has 1 aliphatic rings. The Morgan fingerprint density at radius 3 is 2.30 bits per heavy atom. The van der Waals surface area contributed by atoms with Gasteiger partial charge in [-0.15, -0.1) is 11.3 Å². The lowest BCUT2D eigenvalue weighted by atomic mass is 9.96. The van der Waals surface area contributed by atoms with E-state index in [2.05, 4.69) is 12.1 Å². The molecule has 0 spiro atoms. The van der Waals surface area contributed by atoms with E-state index in [1.54, 1.807) is 6.07 Å². The summed E-state index contributed by atoms with van der Waals surface area (Å²) in [5, 5.41) is 9.34. The van der Waals surface area contributed by atoms with Crippen LogP contribution in [-0.2, 0) is 12.8 Å². The molecule has 20 heavy (non-hydrogen) atoms. The van der Waals surface area contributed by atoms with E-state index in [1.807, 2.05) is 12.1 Å². The van der Waals surface area contributed by atoms with Crippen molar-refractivity contribution in [2.75, 3.05) is 0 Å². The second-order valence-electron chi connectivity index (χ2n) is 5.13. The molecule has 0 aliphatic heterocycles. The number of Topliss-reactive ketones (excluding diaryl/α,β-unsaturated/α-hetero) is 1. The van der Waals surface area contributed by atoms with Gasteiger partial charge in [0.15, 0.2) is 5.78 Å². The number of fused-ring (bicyclic) bond motifs is 1. The largest absolute Gasteiger partial charge is 0.477 e. The molecular formula is C16H14O3S. The van der Waals surface area contributed by atoms with E-state index in [9.17, 15) is 14.7 Å². The SMILES string of the molecule is CC(=O)c1cc(C2Cc3ccccc3C2)c(C(=O)O)s1. The number of ketones is 1. The molecule has 0 amide bonds. The van der Waals surface area contributed by atoms with Crippen LogP contribution in [-0.4, -0.2) is 16.9 Å². The van der Waals surface area contributed by atoms with Gasteiger partial charge in [-0.25, -0.2) is 4.79 Å². The maximum absolute atomic E-state index is 11.5. The van der Waals surface area contributed by atoms with Gasteiger partial charge in [0, 0.05) is 0 Å². The Morgan fingerprint density at radius 1 is 1.20 bits per heavy atom. The second-order valence-corrected chi connectivity index (χ2v) is 6.18. The van der Waals surface area contributed by atoms with Crippen LogP contribution in [0.5, 0.6) is 0 Å². The van der Waals surface area contributed by atoms with Crippen molar-refractivity contribution < 1.29 is 14.7 Å². The molecule has 1 heterocycles. The van der Waals surface area contributed by atoms with E-state index < -0.39 is 5.97 Å². The zero-order valence-corrected chi connectivity index (χ0v) is 11.9. The number of benzene rings is 1. The Kier molecular flexibility index (Phi) is 3.18. The summed E-state index contributed by atoms with van der Waals surface area (Å²) < 4.78 is 0. The van der Waals surface area contributed by atoms with Gasteiger partial charge >= 0.3 is 5.97 Å². The van der Waals surface area contributed by atoms with Gasteiger partial charge in [-0.2, -0.15) is 0 Å². The fraction of sp³-hybridized carbons (Fsp3) is 0.250. The summed E-state index contributed by atoms with van der Waals surface area (Å²) >= 11 is 1.09. The Hall–Kier alpha value is -1.94. The molecule has 2 aromatic rings. The quantitative estimate of drug-likeness (QED) is 0.878. The standard InChI is InChI=1S/C16H14O3S/c1-9(17)14-8-13(15(20-14)16(18)19)12-6-10-4-2-3-5-11(10)7-12/h2-5,8,12H,6-7H2,1H3,(H,18,19). The average Bonchev–Trinajstić information content (AvgIpc) is 3.02. The molecule has 0 saturated carbocycles. The maximum atomic E-state index is 11.5. The molecule has 3 nitrogen and oxygen atoms in total. The van der Waals surface area contributed by atoms with Crippen LogP contribution in [0, 0.1) is 0 Å². The predicted octanol–water partition coefficient (Wildman–Crippen LogP) is 3.53. The van der Waals surface area contributed by atoms with Crippen molar-refractivity contribution in [2.24, 2.45) is 0 Å². The van der Waals surface area contributed by atoms with Crippen LogP contribution in [0.1, 0.15) is 48.9 Å². The van der Waals surface area contributed by atoms with Gasteiger partial charge in [-0.1, -0.05) is 24.3 Å². The zero-order chi connectivity index (χ0) is 14.3. The first-order valence-corrected chi connectivity index (χ1v) is 7.32. The summed E-state index contributed by atoms with van der Waals surface area (Å²) in [4.78, 5) is 23.7. The molecule has 102 valence electrons. The third-order valence-electron chi connectivity index (χ3n) is 3.79. The minimum absolute atomic E-state index is 0.0701. The Morgan fingerprint density at radius 2 is 1.80 bits per heavy atom. The highest BCUT2D eigenvalue weighted by Crippen LogP contribution is 2.38. The first-order valence-electron chi connectivity index (χ1n) is 6.51. The van der Waals surface area contributed by atoms with Crippen LogP contribution in [0.2, 0.25) is 0 Å². The third kappa shape index (κ3) is 2.16. The number of carbonyl (C=O) groups excluding carboxylic acids is 1. The summed E-state index contributed by atoms with van der Waals surface area (Å²) in [5.41, 5.74) is 3.37. The third-order valence-corrected chi connectivity index (χ3v) is 5.03. The van der Waals surface area contributed by atoms with Gasteiger partial charge < -0.3 is 5.11 Å². The molecule has 0 bridgehead atoms. The van der Waals surface area contributed by atoms with E-state index in [0.717, 1.165) is 29.7 Å². The van der Waals surface area contributed by atoms with E-state index in [0.29, 0.717) is 9.75 Å². The van der Waals surface area contributed by atoms with E-state index in [-0.39, 0.29) is 11.7 Å². The minimum Gasteiger partial charge on any atom is -0.477 e. The van der Waals surface area contributed by atoms with Crippen LogP contribution >= 0.6 is 11.3 Å². The highest BCUT2D eigenvalue weighted by Gasteiger charge is 2.28. The van der Waals surface area contributed by atoms with Crippen LogP contribution < -0.4 is 0 Å². The van der Waals surface area contributed by atoms with Crippen LogP contribution in [0.25, 0.3) is 0 Å². The normalized spacial score (nSPS) is 14.2.